The molecule has 1 unspecified atom stereocenters. The lowest BCUT2D eigenvalue weighted by Gasteiger charge is -2.18. The molecule has 0 aromatic heterocycles. The number of allylic oxidation sites excluding steroid dienone is 1. The summed E-state index contributed by atoms with van der Waals surface area (Å²) >= 11 is 0. The van der Waals surface area contributed by atoms with E-state index in [0.717, 1.165) is 24.1 Å². The Morgan fingerprint density at radius 1 is 1.32 bits per heavy atom. The van der Waals surface area contributed by atoms with E-state index in [1.165, 1.54) is 19.3 Å². The Morgan fingerprint density at radius 3 is 2.05 bits per heavy atom. The summed E-state index contributed by atoms with van der Waals surface area (Å²) in [4.78, 5) is 0. The van der Waals surface area contributed by atoms with Gasteiger partial charge in [0.2, 0.25) is 0 Å². The lowest BCUT2D eigenvalue weighted by atomic mass is 9.89. The molecule has 0 bridgehead atoms. The Bertz CT molecular complexity index is 262. The summed E-state index contributed by atoms with van der Waals surface area (Å²) in [6.45, 7) is 19.9. The zero-order chi connectivity index (χ0) is 15.5. The summed E-state index contributed by atoms with van der Waals surface area (Å²) in [5.41, 5.74) is 1.15. The van der Waals surface area contributed by atoms with Crippen molar-refractivity contribution >= 4 is 0 Å². The molecule has 0 saturated heterocycles. The molecule has 112 valence electrons. The third-order valence-corrected chi connectivity index (χ3v) is 3.08. The average Bonchev–Trinajstić information content (AvgIpc) is 2.28. The summed E-state index contributed by atoms with van der Waals surface area (Å²) in [6.07, 6.45) is 8.97. The van der Waals surface area contributed by atoms with Crippen LogP contribution in [0.5, 0.6) is 0 Å². The molecule has 0 aromatic carbocycles. The highest BCUT2D eigenvalue weighted by Crippen LogP contribution is 2.19. The van der Waals surface area contributed by atoms with Gasteiger partial charge in [0, 0.05) is 17.7 Å². The maximum absolute atomic E-state index is 5.06. The van der Waals surface area contributed by atoms with Gasteiger partial charge in [0.25, 0.3) is 0 Å². The van der Waals surface area contributed by atoms with Crippen molar-refractivity contribution in [3.63, 3.8) is 0 Å². The van der Waals surface area contributed by atoms with Crippen molar-refractivity contribution in [2.45, 2.75) is 67.7 Å². The van der Waals surface area contributed by atoms with Crippen LogP contribution in [0.25, 0.3) is 0 Å². The smallest absolute Gasteiger partial charge is 0.0227 e. The molecule has 0 aromatic rings. The van der Waals surface area contributed by atoms with Gasteiger partial charge in [-0.15, -0.1) is 12.3 Å². The first-order valence-corrected chi connectivity index (χ1v) is 7.51. The first-order chi connectivity index (χ1) is 8.64. The highest BCUT2D eigenvalue weighted by Gasteiger charge is 2.09. The van der Waals surface area contributed by atoms with Gasteiger partial charge in [0.1, 0.15) is 0 Å². The number of nitrogens with one attached hydrogen (secondary N) is 1. The number of hydrogen-bond donors (Lipinski definition) is 1. The first kappa shape index (κ1) is 20.4. The minimum Gasteiger partial charge on any atom is -0.389 e. The fourth-order valence-electron chi connectivity index (χ4n) is 1.67. The van der Waals surface area contributed by atoms with E-state index in [9.17, 15) is 0 Å². The molecule has 0 amide bonds. The van der Waals surface area contributed by atoms with Gasteiger partial charge in [-0.05, 0) is 52.4 Å². The molecule has 1 nitrogen and oxygen atoms in total. The molecule has 0 aliphatic carbocycles. The molecule has 1 heteroatoms. The van der Waals surface area contributed by atoms with Crippen LogP contribution in [-0.4, -0.2) is 6.54 Å². The van der Waals surface area contributed by atoms with Crippen LogP contribution in [0, 0.1) is 29.6 Å². The fourth-order valence-corrected chi connectivity index (χ4v) is 1.67. The standard InChI is InChI=1S/C12H25N.C6H10/c1-6-12(10(2)3)8-7-9-13-11(4)5;1-5-6(2,3)4/h10,12-13H,4,6-9H2,1-3,5H3;1H,2-4H3. The molecule has 1 N–H and O–H groups in total. The first-order valence-electron chi connectivity index (χ1n) is 7.51. The molecular weight excluding hydrogens is 230 g/mol. The van der Waals surface area contributed by atoms with E-state index < -0.39 is 0 Å². The Balaban J connectivity index is 0. The van der Waals surface area contributed by atoms with Crippen molar-refractivity contribution in [1.29, 1.82) is 0 Å². The van der Waals surface area contributed by atoms with Gasteiger partial charge in [-0.1, -0.05) is 33.8 Å². The number of terminal acetylenes is 1. The predicted molar refractivity (Wildman–Crippen MR) is 89.0 cm³/mol. The molecule has 0 rings (SSSR count). The molecule has 0 saturated carbocycles. The van der Waals surface area contributed by atoms with Crippen LogP contribution in [0.2, 0.25) is 0 Å². The van der Waals surface area contributed by atoms with E-state index in [1.807, 2.05) is 27.7 Å². The molecule has 0 spiro atoms. The Kier molecular flexibility index (Phi) is 11.8. The Labute approximate surface area is 122 Å². The monoisotopic (exact) mass is 265 g/mol. The van der Waals surface area contributed by atoms with E-state index >= 15 is 0 Å². The molecule has 1 atom stereocenters. The summed E-state index contributed by atoms with van der Waals surface area (Å²) in [5.74, 6) is 4.33. The van der Waals surface area contributed by atoms with E-state index in [0.29, 0.717) is 0 Å². The summed E-state index contributed by atoms with van der Waals surface area (Å²) < 4.78 is 0. The quantitative estimate of drug-likeness (QED) is 0.490. The van der Waals surface area contributed by atoms with Crippen molar-refractivity contribution in [2.75, 3.05) is 6.54 Å². The molecule has 0 heterocycles. The predicted octanol–water partition coefficient (Wildman–Crippen LogP) is 5.24. The minimum absolute atomic E-state index is 0.0694. The maximum atomic E-state index is 5.06. The second kappa shape index (κ2) is 11.0. The highest BCUT2D eigenvalue weighted by atomic mass is 14.9. The van der Waals surface area contributed by atoms with Crippen LogP contribution < -0.4 is 5.32 Å². The Morgan fingerprint density at radius 2 is 1.79 bits per heavy atom. The van der Waals surface area contributed by atoms with Crippen LogP contribution in [0.1, 0.15) is 67.7 Å². The van der Waals surface area contributed by atoms with Crippen LogP contribution >= 0.6 is 0 Å². The van der Waals surface area contributed by atoms with Crippen LogP contribution in [0.3, 0.4) is 0 Å². The molecular formula is C18H35N. The summed E-state index contributed by atoms with van der Waals surface area (Å²) in [5, 5.41) is 3.27. The van der Waals surface area contributed by atoms with Crippen LogP contribution in [-0.2, 0) is 0 Å². The van der Waals surface area contributed by atoms with Gasteiger partial charge in [-0.25, -0.2) is 0 Å². The summed E-state index contributed by atoms with van der Waals surface area (Å²) in [7, 11) is 0. The SMILES string of the molecule is C#CC(C)(C)C.C=C(C)NCCCC(CC)C(C)C. The topological polar surface area (TPSA) is 12.0 Å². The molecule has 0 aliphatic heterocycles. The largest absolute Gasteiger partial charge is 0.389 e. The molecule has 0 fully saturated rings. The lowest BCUT2D eigenvalue weighted by Crippen LogP contribution is -2.14. The normalized spacial score (nSPS) is 12.2. The molecule has 0 radical (unpaired) electrons. The fraction of sp³-hybridized carbons (Fsp3) is 0.778. The molecule has 0 aliphatic rings. The van der Waals surface area contributed by atoms with E-state index in [1.54, 1.807) is 0 Å². The van der Waals surface area contributed by atoms with Crippen molar-refractivity contribution in [1.82, 2.24) is 5.32 Å². The van der Waals surface area contributed by atoms with Gasteiger partial charge < -0.3 is 5.32 Å². The van der Waals surface area contributed by atoms with Gasteiger partial charge in [-0.3, -0.25) is 0 Å². The van der Waals surface area contributed by atoms with Gasteiger partial charge in [0.15, 0.2) is 0 Å². The van der Waals surface area contributed by atoms with Gasteiger partial charge in [0.05, 0.1) is 0 Å². The minimum atomic E-state index is 0.0694. The lowest BCUT2D eigenvalue weighted by molar-refractivity contribution is 0.340. The van der Waals surface area contributed by atoms with Crippen LogP contribution in [0.4, 0.5) is 0 Å². The number of rotatable bonds is 7. The zero-order valence-corrected chi connectivity index (χ0v) is 14.3. The van der Waals surface area contributed by atoms with Crippen LogP contribution in [0.15, 0.2) is 12.3 Å². The van der Waals surface area contributed by atoms with E-state index in [4.69, 9.17) is 6.42 Å². The average molecular weight is 265 g/mol. The van der Waals surface area contributed by atoms with Crippen molar-refractivity contribution in [2.24, 2.45) is 17.3 Å². The molecule has 19 heavy (non-hydrogen) atoms. The second-order valence-corrected chi connectivity index (χ2v) is 6.66. The maximum Gasteiger partial charge on any atom is 0.0227 e. The third-order valence-electron chi connectivity index (χ3n) is 3.08. The van der Waals surface area contributed by atoms with Crippen molar-refractivity contribution < 1.29 is 0 Å². The van der Waals surface area contributed by atoms with Gasteiger partial charge in [-0.2, -0.15) is 0 Å². The van der Waals surface area contributed by atoms with Gasteiger partial charge >= 0.3 is 0 Å². The highest BCUT2D eigenvalue weighted by molar-refractivity contribution is 4.96. The van der Waals surface area contributed by atoms with Crippen molar-refractivity contribution in [3.05, 3.63) is 12.3 Å². The second-order valence-electron chi connectivity index (χ2n) is 6.66. The summed E-state index contributed by atoms with van der Waals surface area (Å²) in [6, 6.07) is 0. The zero-order valence-electron chi connectivity index (χ0n) is 14.3. The third kappa shape index (κ3) is 17.1. The van der Waals surface area contributed by atoms with E-state index in [2.05, 4.69) is 38.6 Å². The Hall–Kier alpha value is -0.900. The number of hydrogen-bond acceptors (Lipinski definition) is 1. The van der Waals surface area contributed by atoms with E-state index in [-0.39, 0.29) is 5.41 Å². The van der Waals surface area contributed by atoms with Crippen molar-refractivity contribution in [3.8, 4) is 12.3 Å².